The van der Waals surface area contributed by atoms with Crippen LogP contribution in [0.4, 0.5) is 4.79 Å². The molecular weight excluding hydrogens is 228 g/mol. The summed E-state index contributed by atoms with van der Waals surface area (Å²) in [5.74, 6) is 0.650. The van der Waals surface area contributed by atoms with Crippen LogP contribution in [0, 0.1) is 5.92 Å². The van der Waals surface area contributed by atoms with E-state index in [1.54, 1.807) is 0 Å². The van der Waals surface area contributed by atoms with Crippen molar-refractivity contribution in [1.82, 2.24) is 10.2 Å². The predicted octanol–water partition coefficient (Wildman–Crippen LogP) is 2.63. The van der Waals surface area contributed by atoms with Gasteiger partial charge in [-0.2, -0.15) is 0 Å². The third-order valence-corrected chi connectivity index (χ3v) is 3.14. The first-order valence-corrected chi connectivity index (χ1v) is 7.27. The highest BCUT2D eigenvalue weighted by atomic mass is 16.5. The van der Waals surface area contributed by atoms with Crippen LogP contribution in [0.15, 0.2) is 0 Å². The Labute approximate surface area is 111 Å². The lowest BCUT2D eigenvalue weighted by Gasteiger charge is -2.23. The van der Waals surface area contributed by atoms with Gasteiger partial charge in [-0.25, -0.2) is 4.79 Å². The molecule has 0 atom stereocenters. The van der Waals surface area contributed by atoms with Crippen LogP contribution in [-0.4, -0.2) is 43.3 Å². The first-order chi connectivity index (χ1) is 8.65. The van der Waals surface area contributed by atoms with Crippen LogP contribution in [0.2, 0.25) is 0 Å². The maximum Gasteiger partial charge on any atom is 0.317 e. The summed E-state index contributed by atoms with van der Waals surface area (Å²) in [6.45, 7) is 9.46. The Morgan fingerprint density at radius 3 is 2.72 bits per heavy atom. The first-order valence-electron chi connectivity index (χ1n) is 7.27. The van der Waals surface area contributed by atoms with Gasteiger partial charge < -0.3 is 15.0 Å². The maximum atomic E-state index is 12.0. The Morgan fingerprint density at radius 1 is 1.44 bits per heavy atom. The SMILES string of the molecule is CCOCCCNC(=O)N(CCC(C)C)C1CC1. The Hall–Kier alpha value is -0.770. The van der Waals surface area contributed by atoms with Gasteiger partial charge in [-0.1, -0.05) is 13.8 Å². The molecule has 0 bridgehead atoms. The molecule has 0 unspecified atom stereocenters. The fourth-order valence-electron chi connectivity index (χ4n) is 1.85. The van der Waals surface area contributed by atoms with Crippen molar-refractivity contribution >= 4 is 6.03 Å². The third-order valence-electron chi connectivity index (χ3n) is 3.14. The summed E-state index contributed by atoms with van der Waals surface area (Å²) in [7, 11) is 0. The lowest BCUT2D eigenvalue weighted by Crippen LogP contribution is -2.42. The van der Waals surface area contributed by atoms with Crippen LogP contribution < -0.4 is 5.32 Å². The van der Waals surface area contributed by atoms with Crippen molar-refractivity contribution in [3.05, 3.63) is 0 Å². The van der Waals surface area contributed by atoms with Gasteiger partial charge in [-0.3, -0.25) is 0 Å². The van der Waals surface area contributed by atoms with Gasteiger partial charge in [0.15, 0.2) is 0 Å². The van der Waals surface area contributed by atoms with E-state index in [0.29, 0.717) is 18.5 Å². The fraction of sp³-hybridized carbons (Fsp3) is 0.929. The monoisotopic (exact) mass is 256 g/mol. The minimum atomic E-state index is 0.106. The van der Waals surface area contributed by atoms with Crippen molar-refractivity contribution in [2.45, 2.75) is 52.5 Å². The Balaban J connectivity index is 2.18. The zero-order valence-electron chi connectivity index (χ0n) is 12.1. The van der Waals surface area contributed by atoms with Crippen molar-refractivity contribution in [3.8, 4) is 0 Å². The molecule has 18 heavy (non-hydrogen) atoms. The van der Waals surface area contributed by atoms with Gasteiger partial charge >= 0.3 is 6.03 Å². The molecule has 1 N–H and O–H groups in total. The van der Waals surface area contributed by atoms with Gasteiger partial charge in [0.1, 0.15) is 0 Å². The summed E-state index contributed by atoms with van der Waals surface area (Å²) in [6.07, 6.45) is 4.32. The molecule has 0 aromatic heterocycles. The van der Waals surface area contributed by atoms with E-state index in [4.69, 9.17) is 4.74 Å². The van der Waals surface area contributed by atoms with Crippen molar-refractivity contribution in [2.75, 3.05) is 26.3 Å². The molecule has 4 nitrogen and oxygen atoms in total. The second-order valence-corrected chi connectivity index (χ2v) is 5.39. The number of hydrogen-bond acceptors (Lipinski definition) is 2. The maximum absolute atomic E-state index is 12.0. The summed E-state index contributed by atoms with van der Waals surface area (Å²) in [6, 6.07) is 0.602. The number of rotatable bonds is 9. The lowest BCUT2D eigenvalue weighted by atomic mass is 10.1. The van der Waals surface area contributed by atoms with E-state index in [2.05, 4.69) is 19.2 Å². The van der Waals surface area contributed by atoms with E-state index < -0.39 is 0 Å². The van der Waals surface area contributed by atoms with Gasteiger partial charge in [-0.05, 0) is 38.5 Å². The topological polar surface area (TPSA) is 41.6 Å². The van der Waals surface area contributed by atoms with Gasteiger partial charge in [0.25, 0.3) is 0 Å². The van der Waals surface area contributed by atoms with E-state index >= 15 is 0 Å². The van der Waals surface area contributed by atoms with Crippen LogP contribution in [-0.2, 0) is 4.74 Å². The molecule has 0 aromatic carbocycles. The van der Waals surface area contributed by atoms with E-state index in [-0.39, 0.29) is 6.03 Å². The summed E-state index contributed by atoms with van der Waals surface area (Å²) >= 11 is 0. The van der Waals surface area contributed by atoms with E-state index in [9.17, 15) is 4.79 Å². The molecule has 106 valence electrons. The quantitative estimate of drug-likeness (QED) is 0.644. The van der Waals surface area contributed by atoms with E-state index in [1.165, 1.54) is 12.8 Å². The van der Waals surface area contributed by atoms with Gasteiger partial charge in [0, 0.05) is 32.3 Å². The zero-order chi connectivity index (χ0) is 13.4. The van der Waals surface area contributed by atoms with Gasteiger partial charge in [0.2, 0.25) is 0 Å². The lowest BCUT2D eigenvalue weighted by molar-refractivity contribution is 0.143. The Morgan fingerprint density at radius 2 is 2.17 bits per heavy atom. The summed E-state index contributed by atoms with van der Waals surface area (Å²) < 4.78 is 5.25. The number of amides is 2. The van der Waals surface area contributed by atoms with Crippen LogP contribution in [0.25, 0.3) is 0 Å². The Bertz CT molecular complexity index is 240. The molecule has 0 saturated heterocycles. The van der Waals surface area contributed by atoms with Crippen LogP contribution in [0.1, 0.15) is 46.5 Å². The number of nitrogens with one attached hydrogen (secondary N) is 1. The number of nitrogens with zero attached hydrogens (tertiary/aromatic N) is 1. The highest BCUT2D eigenvalue weighted by molar-refractivity contribution is 5.74. The third kappa shape index (κ3) is 6.24. The first kappa shape index (κ1) is 15.3. The van der Waals surface area contributed by atoms with E-state index in [1.807, 2.05) is 11.8 Å². The number of carbonyl (C=O) groups is 1. The summed E-state index contributed by atoms with van der Waals surface area (Å²) in [5, 5.41) is 2.99. The molecule has 0 aliphatic heterocycles. The second-order valence-electron chi connectivity index (χ2n) is 5.39. The molecule has 1 fully saturated rings. The molecule has 1 saturated carbocycles. The fourth-order valence-corrected chi connectivity index (χ4v) is 1.85. The van der Waals surface area contributed by atoms with Crippen molar-refractivity contribution in [3.63, 3.8) is 0 Å². The molecule has 0 radical (unpaired) electrons. The molecular formula is C14H28N2O2. The average Bonchev–Trinajstić information content (AvgIpc) is 3.13. The highest BCUT2D eigenvalue weighted by Crippen LogP contribution is 2.27. The van der Waals surface area contributed by atoms with Crippen molar-refractivity contribution < 1.29 is 9.53 Å². The molecule has 1 rings (SSSR count). The predicted molar refractivity (Wildman–Crippen MR) is 73.7 cm³/mol. The van der Waals surface area contributed by atoms with Crippen molar-refractivity contribution in [2.24, 2.45) is 5.92 Å². The van der Waals surface area contributed by atoms with Crippen LogP contribution >= 0.6 is 0 Å². The zero-order valence-corrected chi connectivity index (χ0v) is 12.1. The van der Waals surface area contributed by atoms with Crippen molar-refractivity contribution in [1.29, 1.82) is 0 Å². The number of ether oxygens (including phenoxy) is 1. The average molecular weight is 256 g/mol. The number of carbonyl (C=O) groups excluding carboxylic acids is 1. The highest BCUT2D eigenvalue weighted by Gasteiger charge is 2.32. The molecule has 1 aliphatic rings. The minimum absolute atomic E-state index is 0.106. The molecule has 1 aliphatic carbocycles. The number of hydrogen-bond donors (Lipinski definition) is 1. The largest absolute Gasteiger partial charge is 0.382 e. The summed E-state index contributed by atoms with van der Waals surface area (Å²) in [5.41, 5.74) is 0. The van der Waals surface area contributed by atoms with Gasteiger partial charge in [0.05, 0.1) is 0 Å². The van der Waals surface area contributed by atoms with E-state index in [0.717, 1.165) is 32.6 Å². The summed E-state index contributed by atoms with van der Waals surface area (Å²) in [4.78, 5) is 14.1. The smallest absolute Gasteiger partial charge is 0.317 e. The van der Waals surface area contributed by atoms with Gasteiger partial charge in [-0.15, -0.1) is 0 Å². The number of urea groups is 1. The molecule has 0 heterocycles. The minimum Gasteiger partial charge on any atom is -0.382 e. The standard InChI is InChI=1S/C14H28N2O2/c1-4-18-11-5-9-15-14(17)16(13-6-7-13)10-8-12(2)3/h12-13H,4-11H2,1-3H3,(H,15,17). The normalized spacial score (nSPS) is 14.9. The second kappa shape index (κ2) is 8.35. The molecule has 0 aromatic rings. The Kier molecular flexibility index (Phi) is 7.09. The molecule has 4 heteroatoms. The van der Waals surface area contributed by atoms with Crippen LogP contribution in [0.3, 0.4) is 0 Å². The molecule has 0 spiro atoms. The van der Waals surface area contributed by atoms with Crippen LogP contribution in [0.5, 0.6) is 0 Å². The molecule has 2 amide bonds.